The number of carbonyl (C=O) groups excluding carboxylic acids is 1. The molecule has 0 aliphatic carbocycles. The van der Waals surface area contributed by atoms with Crippen molar-refractivity contribution in [2.75, 3.05) is 13.2 Å². The molecule has 0 saturated heterocycles. The second-order valence-electron chi connectivity index (χ2n) is 5.39. The van der Waals surface area contributed by atoms with Crippen LogP contribution in [0.4, 0.5) is 0 Å². The summed E-state index contributed by atoms with van der Waals surface area (Å²) in [5.41, 5.74) is 1.21. The lowest BCUT2D eigenvalue weighted by Gasteiger charge is -2.14. The highest BCUT2D eigenvalue weighted by atomic mass is 16.5. The van der Waals surface area contributed by atoms with Crippen LogP contribution in [0.3, 0.4) is 0 Å². The van der Waals surface area contributed by atoms with Gasteiger partial charge in [-0.25, -0.2) is 0 Å². The lowest BCUT2D eigenvalue weighted by molar-refractivity contribution is -0.123. The standard InChI is InChI=1S/C17H28N2O2/c1-5-7-13(3)19-17(20)12-21-16-10-8-15(9-11-16)14(4)18-6-2/h8-11,13-14,18H,5-7,12H2,1-4H3,(H,19,20). The van der Waals surface area contributed by atoms with Gasteiger partial charge in [-0.05, 0) is 44.5 Å². The summed E-state index contributed by atoms with van der Waals surface area (Å²) in [4.78, 5) is 11.7. The fourth-order valence-electron chi connectivity index (χ4n) is 2.25. The summed E-state index contributed by atoms with van der Waals surface area (Å²) in [6.45, 7) is 9.34. The number of carbonyl (C=O) groups is 1. The molecule has 0 aromatic heterocycles. The number of hydrogen-bond donors (Lipinski definition) is 2. The quantitative estimate of drug-likeness (QED) is 0.735. The predicted octanol–water partition coefficient (Wildman–Crippen LogP) is 3.04. The summed E-state index contributed by atoms with van der Waals surface area (Å²) in [5, 5.41) is 6.28. The molecule has 0 bridgehead atoms. The van der Waals surface area contributed by atoms with Gasteiger partial charge in [0.25, 0.3) is 5.91 Å². The van der Waals surface area contributed by atoms with Crippen LogP contribution in [0, 0.1) is 0 Å². The van der Waals surface area contributed by atoms with E-state index in [1.807, 2.05) is 31.2 Å². The fraction of sp³-hybridized carbons (Fsp3) is 0.588. The van der Waals surface area contributed by atoms with Gasteiger partial charge in [-0.3, -0.25) is 4.79 Å². The molecule has 21 heavy (non-hydrogen) atoms. The second kappa shape index (κ2) is 9.40. The topological polar surface area (TPSA) is 50.4 Å². The lowest BCUT2D eigenvalue weighted by atomic mass is 10.1. The van der Waals surface area contributed by atoms with Crippen LogP contribution in [-0.2, 0) is 4.79 Å². The Labute approximate surface area is 128 Å². The second-order valence-corrected chi connectivity index (χ2v) is 5.39. The number of ether oxygens (including phenoxy) is 1. The van der Waals surface area contributed by atoms with Crippen molar-refractivity contribution in [3.8, 4) is 5.75 Å². The molecule has 1 aromatic rings. The van der Waals surface area contributed by atoms with Gasteiger partial charge in [-0.2, -0.15) is 0 Å². The number of rotatable bonds is 9. The summed E-state index contributed by atoms with van der Waals surface area (Å²) in [6.07, 6.45) is 2.05. The summed E-state index contributed by atoms with van der Waals surface area (Å²) in [6, 6.07) is 8.40. The van der Waals surface area contributed by atoms with Crippen molar-refractivity contribution in [3.63, 3.8) is 0 Å². The summed E-state index contributed by atoms with van der Waals surface area (Å²) in [7, 11) is 0. The molecule has 0 aliphatic rings. The lowest BCUT2D eigenvalue weighted by Crippen LogP contribution is -2.35. The van der Waals surface area contributed by atoms with E-state index >= 15 is 0 Å². The van der Waals surface area contributed by atoms with Crippen LogP contribution in [0.2, 0.25) is 0 Å². The van der Waals surface area contributed by atoms with Gasteiger partial charge < -0.3 is 15.4 Å². The molecule has 1 amide bonds. The molecule has 0 radical (unpaired) electrons. The van der Waals surface area contributed by atoms with Gasteiger partial charge in [0.05, 0.1) is 0 Å². The van der Waals surface area contributed by atoms with Crippen LogP contribution >= 0.6 is 0 Å². The van der Waals surface area contributed by atoms with Crippen molar-refractivity contribution in [3.05, 3.63) is 29.8 Å². The van der Waals surface area contributed by atoms with Crippen LogP contribution in [0.1, 0.15) is 52.1 Å². The highest BCUT2D eigenvalue weighted by Gasteiger charge is 2.08. The molecular weight excluding hydrogens is 264 g/mol. The van der Waals surface area contributed by atoms with E-state index in [4.69, 9.17) is 4.74 Å². The highest BCUT2D eigenvalue weighted by molar-refractivity contribution is 5.77. The van der Waals surface area contributed by atoms with Crippen LogP contribution in [0.5, 0.6) is 5.75 Å². The van der Waals surface area contributed by atoms with Crippen LogP contribution < -0.4 is 15.4 Å². The maximum atomic E-state index is 11.7. The zero-order chi connectivity index (χ0) is 15.7. The van der Waals surface area contributed by atoms with Gasteiger partial charge in [0.1, 0.15) is 5.75 Å². The van der Waals surface area contributed by atoms with Gasteiger partial charge in [-0.1, -0.05) is 32.4 Å². The minimum absolute atomic E-state index is 0.0656. The van der Waals surface area contributed by atoms with E-state index in [0.29, 0.717) is 6.04 Å². The Morgan fingerprint density at radius 1 is 1.19 bits per heavy atom. The van der Waals surface area contributed by atoms with Gasteiger partial charge >= 0.3 is 0 Å². The van der Waals surface area contributed by atoms with E-state index < -0.39 is 0 Å². The van der Waals surface area contributed by atoms with Crippen molar-refractivity contribution in [1.29, 1.82) is 0 Å². The largest absolute Gasteiger partial charge is 0.484 e. The first-order chi connectivity index (χ1) is 10.1. The molecule has 1 aromatic carbocycles. The molecule has 0 saturated carbocycles. The molecular formula is C17H28N2O2. The molecule has 118 valence electrons. The number of benzene rings is 1. The van der Waals surface area contributed by atoms with Crippen LogP contribution in [-0.4, -0.2) is 25.1 Å². The predicted molar refractivity (Wildman–Crippen MR) is 86.5 cm³/mol. The van der Waals surface area contributed by atoms with Crippen molar-refractivity contribution in [1.82, 2.24) is 10.6 Å². The molecule has 0 fully saturated rings. The fourth-order valence-corrected chi connectivity index (χ4v) is 2.25. The van der Waals surface area contributed by atoms with Crippen LogP contribution in [0.25, 0.3) is 0 Å². The molecule has 2 unspecified atom stereocenters. The zero-order valence-electron chi connectivity index (χ0n) is 13.6. The number of hydrogen-bond acceptors (Lipinski definition) is 3. The van der Waals surface area contributed by atoms with E-state index in [2.05, 4.69) is 31.4 Å². The SMILES string of the molecule is CCCC(C)NC(=O)COc1ccc(C(C)NCC)cc1. The Kier molecular flexibility index (Phi) is 7.83. The minimum Gasteiger partial charge on any atom is -0.484 e. The maximum Gasteiger partial charge on any atom is 0.258 e. The van der Waals surface area contributed by atoms with Crippen molar-refractivity contribution < 1.29 is 9.53 Å². The van der Waals surface area contributed by atoms with Gasteiger partial charge in [0, 0.05) is 12.1 Å². The molecule has 4 nitrogen and oxygen atoms in total. The summed E-state index contributed by atoms with van der Waals surface area (Å²) >= 11 is 0. The van der Waals surface area contributed by atoms with E-state index in [1.165, 1.54) is 5.56 Å². The number of nitrogens with one attached hydrogen (secondary N) is 2. The maximum absolute atomic E-state index is 11.7. The Balaban J connectivity index is 2.40. The smallest absolute Gasteiger partial charge is 0.258 e. The summed E-state index contributed by atoms with van der Waals surface area (Å²) < 4.78 is 5.51. The number of amides is 1. The molecule has 2 N–H and O–H groups in total. The molecule has 4 heteroatoms. The first-order valence-corrected chi connectivity index (χ1v) is 7.82. The molecule has 0 heterocycles. The van der Waals surface area contributed by atoms with E-state index in [9.17, 15) is 4.79 Å². The normalized spacial score (nSPS) is 13.5. The van der Waals surface area contributed by atoms with Crippen molar-refractivity contribution in [2.24, 2.45) is 0 Å². The molecule has 2 atom stereocenters. The Bertz CT molecular complexity index is 417. The third-order valence-corrected chi connectivity index (χ3v) is 3.39. The van der Waals surface area contributed by atoms with Gasteiger partial charge in [0.2, 0.25) is 0 Å². The third kappa shape index (κ3) is 6.63. The minimum atomic E-state index is -0.0685. The Morgan fingerprint density at radius 3 is 2.43 bits per heavy atom. The third-order valence-electron chi connectivity index (χ3n) is 3.39. The van der Waals surface area contributed by atoms with Gasteiger partial charge in [0.15, 0.2) is 6.61 Å². The van der Waals surface area contributed by atoms with Crippen molar-refractivity contribution in [2.45, 2.75) is 52.6 Å². The zero-order valence-corrected chi connectivity index (χ0v) is 13.6. The molecule has 0 spiro atoms. The highest BCUT2D eigenvalue weighted by Crippen LogP contribution is 2.17. The first-order valence-electron chi connectivity index (χ1n) is 7.82. The average Bonchev–Trinajstić information content (AvgIpc) is 2.46. The first kappa shape index (κ1) is 17.5. The van der Waals surface area contributed by atoms with Crippen molar-refractivity contribution >= 4 is 5.91 Å². The van der Waals surface area contributed by atoms with Crippen LogP contribution in [0.15, 0.2) is 24.3 Å². The monoisotopic (exact) mass is 292 g/mol. The summed E-state index contributed by atoms with van der Waals surface area (Å²) in [5.74, 6) is 0.654. The Morgan fingerprint density at radius 2 is 1.86 bits per heavy atom. The average molecular weight is 292 g/mol. The van der Waals surface area contributed by atoms with E-state index in [-0.39, 0.29) is 18.6 Å². The molecule has 0 aliphatic heterocycles. The van der Waals surface area contributed by atoms with Gasteiger partial charge in [-0.15, -0.1) is 0 Å². The molecule has 1 rings (SSSR count). The van der Waals surface area contributed by atoms with E-state index in [0.717, 1.165) is 25.1 Å². The Hall–Kier alpha value is -1.55. The van der Waals surface area contributed by atoms with E-state index in [1.54, 1.807) is 0 Å².